The number of amides is 1. The topological polar surface area (TPSA) is 77.2 Å². The molecule has 0 saturated heterocycles. The molecule has 0 unspecified atom stereocenters. The molecule has 0 fully saturated rings. The summed E-state index contributed by atoms with van der Waals surface area (Å²) < 4.78 is 5.37. The van der Waals surface area contributed by atoms with Gasteiger partial charge in [-0.3, -0.25) is 9.78 Å². The van der Waals surface area contributed by atoms with Crippen molar-refractivity contribution in [1.82, 2.24) is 10.3 Å². The maximum Gasteiger partial charge on any atom is 0.255 e. The first kappa shape index (κ1) is 16.5. The SMILES string of the molecule is NC(=O)COc1c(Cl)cc(Cl)cc1CNCc1cccnc1. The van der Waals surface area contributed by atoms with Crippen molar-refractivity contribution in [2.75, 3.05) is 6.61 Å². The van der Waals surface area contributed by atoms with Gasteiger partial charge in [-0.25, -0.2) is 0 Å². The molecule has 7 heteroatoms. The van der Waals surface area contributed by atoms with Crippen LogP contribution in [0.2, 0.25) is 10.0 Å². The largest absolute Gasteiger partial charge is 0.482 e. The Labute approximate surface area is 138 Å². The lowest BCUT2D eigenvalue weighted by atomic mass is 10.2. The number of aromatic nitrogens is 1. The zero-order valence-corrected chi connectivity index (χ0v) is 13.2. The van der Waals surface area contributed by atoms with Gasteiger partial charge in [-0.1, -0.05) is 29.3 Å². The number of halogens is 2. The summed E-state index contributed by atoms with van der Waals surface area (Å²) >= 11 is 12.1. The highest BCUT2D eigenvalue weighted by Crippen LogP contribution is 2.32. The predicted molar refractivity (Wildman–Crippen MR) is 85.9 cm³/mol. The van der Waals surface area contributed by atoms with Gasteiger partial charge in [0.2, 0.25) is 0 Å². The van der Waals surface area contributed by atoms with E-state index in [1.54, 1.807) is 24.5 Å². The molecule has 2 rings (SSSR count). The van der Waals surface area contributed by atoms with Crippen molar-refractivity contribution in [3.8, 4) is 5.75 Å². The average molecular weight is 340 g/mol. The van der Waals surface area contributed by atoms with Gasteiger partial charge in [-0.15, -0.1) is 0 Å². The Balaban J connectivity index is 2.06. The number of hydrogen-bond donors (Lipinski definition) is 2. The Bertz CT molecular complexity index is 651. The van der Waals surface area contributed by atoms with Crippen molar-refractivity contribution in [1.29, 1.82) is 0 Å². The van der Waals surface area contributed by atoms with Crippen LogP contribution in [-0.2, 0) is 17.9 Å². The molecule has 1 amide bonds. The van der Waals surface area contributed by atoms with E-state index in [0.717, 1.165) is 11.1 Å². The highest BCUT2D eigenvalue weighted by Gasteiger charge is 2.12. The van der Waals surface area contributed by atoms with Crippen LogP contribution in [0, 0.1) is 0 Å². The molecule has 0 radical (unpaired) electrons. The van der Waals surface area contributed by atoms with Crippen LogP contribution in [0.1, 0.15) is 11.1 Å². The van der Waals surface area contributed by atoms with Gasteiger partial charge in [0.15, 0.2) is 6.61 Å². The van der Waals surface area contributed by atoms with Crippen LogP contribution in [-0.4, -0.2) is 17.5 Å². The van der Waals surface area contributed by atoms with Crippen LogP contribution < -0.4 is 15.8 Å². The van der Waals surface area contributed by atoms with Crippen LogP contribution in [0.25, 0.3) is 0 Å². The molecule has 116 valence electrons. The fourth-order valence-corrected chi connectivity index (χ4v) is 2.48. The quantitative estimate of drug-likeness (QED) is 0.812. The third kappa shape index (κ3) is 4.87. The minimum Gasteiger partial charge on any atom is -0.482 e. The molecule has 0 spiro atoms. The Morgan fingerprint density at radius 1 is 1.32 bits per heavy atom. The zero-order chi connectivity index (χ0) is 15.9. The lowest BCUT2D eigenvalue weighted by molar-refractivity contribution is -0.119. The minimum atomic E-state index is -0.569. The van der Waals surface area contributed by atoms with Crippen LogP contribution in [0.5, 0.6) is 5.75 Å². The van der Waals surface area contributed by atoms with E-state index in [0.29, 0.717) is 28.9 Å². The second-order valence-corrected chi connectivity index (χ2v) is 5.44. The molecule has 0 saturated carbocycles. The number of benzene rings is 1. The van der Waals surface area contributed by atoms with E-state index in [-0.39, 0.29) is 6.61 Å². The number of carbonyl (C=O) groups is 1. The molecule has 0 bridgehead atoms. The molecule has 22 heavy (non-hydrogen) atoms. The fourth-order valence-electron chi connectivity index (χ4n) is 1.89. The summed E-state index contributed by atoms with van der Waals surface area (Å²) in [7, 11) is 0. The van der Waals surface area contributed by atoms with E-state index in [2.05, 4.69) is 10.3 Å². The van der Waals surface area contributed by atoms with Crippen molar-refractivity contribution >= 4 is 29.1 Å². The van der Waals surface area contributed by atoms with Gasteiger partial charge in [0.05, 0.1) is 5.02 Å². The van der Waals surface area contributed by atoms with Crippen molar-refractivity contribution in [3.05, 3.63) is 57.8 Å². The molecule has 5 nitrogen and oxygen atoms in total. The number of nitrogens with zero attached hydrogens (tertiary/aromatic N) is 1. The zero-order valence-electron chi connectivity index (χ0n) is 11.7. The molecule has 0 aliphatic rings. The first-order valence-electron chi connectivity index (χ1n) is 6.55. The molecule has 3 N–H and O–H groups in total. The first-order valence-corrected chi connectivity index (χ1v) is 7.30. The summed E-state index contributed by atoms with van der Waals surface area (Å²) in [5, 5.41) is 4.08. The van der Waals surface area contributed by atoms with Crippen LogP contribution in [0.15, 0.2) is 36.7 Å². The molecular formula is C15H15Cl2N3O2. The Morgan fingerprint density at radius 3 is 2.82 bits per heavy atom. The number of carbonyl (C=O) groups excluding carboxylic acids is 1. The summed E-state index contributed by atoms with van der Waals surface area (Å²) in [6.07, 6.45) is 3.50. The molecule has 1 aromatic heterocycles. The highest BCUT2D eigenvalue weighted by atomic mass is 35.5. The third-order valence-electron chi connectivity index (χ3n) is 2.81. The van der Waals surface area contributed by atoms with Gasteiger partial charge in [0.1, 0.15) is 5.75 Å². The summed E-state index contributed by atoms with van der Waals surface area (Å²) in [6, 6.07) is 7.13. The molecule has 0 aliphatic carbocycles. The van der Waals surface area contributed by atoms with E-state index in [4.69, 9.17) is 33.7 Å². The second kappa shape index (κ2) is 7.98. The maximum atomic E-state index is 10.9. The van der Waals surface area contributed by atoms with Crippen molar-refractivity contribution in [3.63, 3.8) is 0 Å². The lowest BCUT2D eigenvalue weighted by Crippen LogP contribution is -2.21. The van der Waals surface area contributed by atoms with E-state index >= 15 is 0 Å². The maximum absolute atomic E-state index is 10.9. The fraction of sp³-hybridized carbons (Fsp3) is 0.200. The molecule has 1 heterocycles. The van der Waals surface area contributed by atoms with Crippen LogP contribution in [0.4, 0.5) is 0 Å². The van der Waals surface area contributed by atoms with E-state index in [9.17, 15) is 4.79 Å². The highest BCUT2D eigenvalue weighted by molar-refractivity contribution is 6.35. The Hall–Kier alpha value is -1.82. The van der Waals surface area contributed by atoms with E-state index in [1.165, 1.54) is 0 Å². The van der Waals surface area contributed by atoms with Crippen molar-refractivity contribution in [2.24, 2.45) is 5.73 Å². The van der Waals surface area contributed by atoms with Crippen molar-refractivity contribution < 1.29 is 9.53 Å². The van der Waals surface area contributed by atoms with Gasteiger partial charge < -0.3 is 15.8 Å². The van der Waals surface area contributed by atoms with Gasteiger partial charge in [-0.2, -0.15) is 0 Å². The predicted octanol–water partition coefficient (Wildman–Crippen LogP) is 2.54. The summed E-state index contributed by atoms with van der Waals surface area (Å²) in [6.45, 7) is 0.869. The molecule has 0 atom stereocenters. The summed E-state index contributed by atoms with van der Waals surface area (Å²) in [5.41, 5.74) is 6.89. The number of nitrogens with one attached hydrogen (secondary N) is 1. The number of primary amides is 1. The molecule has 1 aromatic carbocycles. The smallest absolute Gasteiger partial charge is 0.255 e. The Morgan fingerprint density at radius 2 is 2.14 bits per heavy atom. The Kier molecular flexibility index (Phi) is 6.00. The normalized spacial score (nSPS) is 10.5. The van der Waals surface area contributed by atoms with Crippen LogP contribution in [0.3, 0.4) is 0 Å². The number of hydrogen-bond acceptors (Lipinski definition) is 4. The van der Waals surface area contributed by atoms with Gasteiger partial charge in [-0.05, 0) is 23.8 Å². The molecule has 2 aromatic rings. The first-order chi connectivity index (χ1) is 10.6. The van der Waals surface area contributed by atoms with Gasteiger partial charge in [0.25, 0.3) is 5.91 Å². The van der Waals surface area contributed by atoms with Gasteiger partial charge >= 0.3 is 0 Å². The number of pyridine rings is 1. The number of ether oxygens (including phenoxy) is 1. The molecular weight excluding hydrogens is 325 g/mol. The third-order valence-corrected chi connectivity index (χ3v) is 3.31. The monoisotopic (exact) mass is 339 g/mol. The van der Waals surface area contributed by atoms with E-state index < -0.39 is 5.91 Å². The summed E-state index contributed by atoms with van der Waals surface area (Å²) in [5.74, 6) is -0.163. The standard InChI is InChI=1S/C15H15Cl2N3O2/c16-12-4-11(8-20-7-10-2-1-3-19-6-10)15(13(17)5-12)22-9-14(18)21/h1-6,20H,7-9H2,(H2,18,21). The number of nitrogens with two attached hydrogens (primary N) is 1. The number of rotatable bonds is 7. The summed E-state index contributed by atoms with van der Waals surface area (Å²) in [4.78, 5) is 14.9. The lowest BCUT2D eigenvalue weighted by Gasteiger charge is -2.13. The minimum absolute atomic E-state index is 0.239. The molecule has 0 aliphatic heterocycles. The van der Waals surface area contributed by atoms with Gasteiger partial charge in [0, 0.05) is 36.1 Å². The van der Waals surface area contributed by atoms with Crippen LogP contribution >= 0.6 is 23.2 Å². The second-order valence-electron chi connectivity index (χ2n) is 4.60. The van der Waals surface area contributed by atoms with Crippen molar-refractivity contribution in [2.45, 2.75) is 13.1 Å². The van der Waals surface area contributed by atoms with E-state index in [1.807, 2.05) is 12.1 Å². The average Bonchev–Trinajstić information content (AvgIpc) is 2.47.